The van der Waals surface area contributed by atoms with E-state index in [0.717, 1.165) is 35.3 Å². The molecule has 1 unspecified atom stereocenters. The smallest absolute Gasteiger partial charge is 0.253 e. The minimum Gasteiger partial charge on any atom is -0.497 e. The summed E-state index contributed by atoms with van der Waals surface area (Å²) in [4.78, 5) is 17.1. The van der Waals surface area contributed by atoms with Crippen LogP contribution in [-0.4, -0.2) is 47.5 Å². The van der Waals surface area contributed by atoms with Crippen molar-refractivity contribution < 1.29 is 14.3 Å². The van der Waals surface area contributed by atoms with E-state index in [1.807, 2.05) is 24.3 Å². The van der Waals surface area contributed by atoms with Gasteiger partial charge in [0.15, 0.2) is 5.65 Å². The lowest BCUT2D eigenvalue weighted by atomic mass is 10.1. The number of aromatic nitrogens is 3. The van der Waals surface area contributed by atoms with E-state index in [2.05, 4.69) is 15.4 Å². The molecule has 1 atom stereocenters. The summed E-state index contributed by atoms with van der Waals surface area (Å²) in [5.41, 5.74) is 7.96. The third-order valence-corrected chi connectivity index (χ3v) is 5.31. The number of ether oxygens (including phenoxy) is 2. The molecule has 10 heteroatoms. The van der Waals surface area contributed by atoms with Crippen molar-refractivity contribution in [3.63, 3.8) is 0 Å². The molecule has 1 saturated carbocycles. The number of hydrogen-bond acceptors (Lipinski definition) is 6. The van der Waals surface area contributed by atoms with Crippen molar-refractivity contribution in [2.75, 3.05) is 20.8 Å². The maximum atomic E-state index is 12.6. The quantitative estimate of drug-likeness (QED) is 0.527. The number of carbonyl (C=O) groups is 1. The van der Waals surface area contributed by atoms with Crippen molar-refractivity contribution in [1.82, 2.24) is 20.1 Å². The normalized spacial score (nSPS) is 13.6. The number of pyridine rings is 1. The minimum atomic E-state index is -0.147. The Labute approximate surface area is 193 Å². The monoisotopic (exact) mass is 467 g/mol. The van der Waals surface area contributed by atoms with Gasteiger partial charge in [0, 0.05) is 35.8 Å². The molecule has 3 aromatic rings. The first kappa shape index (κ1) is 24.7. The van der Waals surface area contributed by atoms with Crippen molar-refractivity contribution in [2.45, 2.75) is 25.4 Å². The summed E-state index contributed by atoms with van der Waals surface area (Å²) < 4.78 is 12.5. The van der Waals surface area contributed by atoms with Crippen LogP contribution in [0.15, 0.2) is 36.7 Å². The van der Waals surface area contributed by atoms with Crippen LogP contribution in [0.2, 0.25) is 0 Å². The van der Waals surface area contributed by atoms with Crippen LogP contribution in [0.3, 0.4) is 0 Å². The summed E-state index contributed by atoms with van der Waals surface area (Å²) in [6.45, 7) is 0.944. The summed E-state index contributed by atoms with van der Waals surface area (Å²) >= 11 is 0. The van der Waals surface area contributed by atoms with Crippen LogP contribution in [0.1, 0.15) is 28.8 Å². The number of amides is 1. The highest BCUT2D eigenvalue weighted by Crippen LogP contribution is 2.32. The molecule has 1 fully saturated rings. The zero-order valence-corrected chi connectivity index (χ0v) is 19.0. The molecule has 2 aromatic heterocycles. The third-order valence-electron chi connectivity index (χ3n) is 5.31. The molecule has 168 valence electrons. The van der Waals surface area contributed by atoms with Gasteiger partial charge in [0.2, 0.25) is 0 Å². The van der Waals surface area contributed by atoms with Crippen molar-refractivity contribution in [2.24, 2.45) is 11.7 Å². The summed E-state index contributed by atoms with van der Waals surface area (Å²) in [5.74, 6) is 1.80. The maximum absolute atomic E-state index is 12.6. The Bertz CT molecular complexity index is 1040. The predicted molar refractivity (Wildman–Crippen MR) is 124 cm³/mol. The first-order valence-electron chi connectivity index (χ1n) is 9.66. The van der Waals surface area contributed by atoms with E-state index >= 15 is 0 Å². The number of benzene rings is 1. The van der Waals surface area contributed by atoms with E-state index in [-0.39, 0.29) is 36.8 Å². The highest BCUT2D eigenvalue weighted by molar-refractivity contribution is 5.97. The molecule has 0 bridgehead atoms. The van der Waals surface area contributed by atoms with Crippen molar-refractivity contribution >= 4 is 41.8 Å². The van der Waals surface area contributed by atoms with E-state index in [9.17, 15) is 4.79 Å². The molecule has 0 spiro atoms. The Morgan fingerprint density at radius 2 is 2.00 bits per heavy atom. The van der Waals surface area contributed by atoms with Crippen LogP contribution in [0.25, 0.3) is 11.0 Å². The average Bonchev–Trinajstić information content (AvgIpc) is 3.53. The van der Waals surface area contributed by atoms with Crippen LogP contribution in [0, 0.1) is 5.92 Å². The summed E-state index contributed by atoms with van der Waals surface area (Å²) in [5, 5.41) is 8.27. The van der Waals surface area contributed by atoms with Crippen molar-refractivity contribution in [3.8, 4) is 11.5 Å². The van der Waals surface area contributed by atoms with Gasteiger partial charge in [-0.1, -0.05) is 0 Å². The number of nitrogens with one attached hydrogen (secondary N) is 1. The highest BCUT2D eigenvalue weighted by atomic mass is 35.5. The van der Waals surface area contributed by atoms with Gasteiger partial charge in [-0.15, -0.1) is 24.8 Å². The first-order valence-corrected chi connectivity index (χ1v) is 9.66. The Balaban J connectivity index is 0.00000171. The van der Waals surface area contributed by atoms with Crippen molar-refractivity contribution in [1.29, 1.82) is 0 Å². The Kier molecular flexibility index (Phi) is 8.50. The number of hydrogen-bond donors (Lipinski definition) is 2. The lowest BCUT2D eigenvalue weighted by molar-refractivity contribution is 0.0933. The van der Waals surface area contributed by atoms with Gasteiger partial charge in [0.25, 0.3) is 5.91 Å². The fourth-order valence-corrected chi connectivity index (χ4v) is 3.48. The summed E-state index contributed by atoms with van der Waals surface area (Å²) in [6, 6.07) is 7.51. The lowest BCUT2D eigenvalue weighted by Crippen LogP contribution is -2.41. The summed E-state index contributed by atoms with van der Waals surface area (Å²) in [7, 11) is 3.24. The Morgan fingerprint density at radius 1 is 1.23 bits per heavy atom. The number of nitrogens with zero attached hydrogens (tertiary/aromatic N) is 3. The molecule has 0 saturated heterocycles. The van der Waals surface area contributed by atoms with Crippen molar-refractivity contribution in [3.05, 3.63) is 47.8 Å². The number of carbonyl (C=O) groups excluding carboxylic acids is 1. The molecular weight excluding hydrogens is 441 g/mol. The SMILES string of the molecule is COc1ccc(Cn2ncc3cc(C(=O)NC(CN)C4CC4)cnc32)c(OC)c1.Cl.Cl. The number of methoxy groups -OCH3 is 2. The zero-order valence-electron chi connectivity index (χ0n) is 17.4. The van der Waals surface area contributed by atoms with E-state index < -0.39 is 0 Å². The number of nitrogens with two attached hydrogens (primary N) is 1. The molecule has 1 amide bonds. The van der Waals surface area contributed by atoms with Gasteiger partial charge >= 0.3 is 0 Å². The molecular formula is C21H27Cl2N5O3. The molecule has 1 aliphatic rings. The molecule has 2 heterocycles. The molecule has 8 nitrogen and oxygen atoms in total. The molecule has 1 aromatic carbocycles. The molecule has 4 rings (SSSR count). The van der Waals surface area contributed by atoms with Gasteiger partial charge in [0.05, 0.1) is 32.5 Å². The second kappa shape index (κ2) is 10.7. The molecule has 0 radical (unpaired) electrons. The lowest BCUT2D eigenvalue weighted by Gasteiger charge is -2.15. The molecule has 1 aliphatic carbocycles. The van der Waals surface area contributed by atoms with E-state index in [4.69, 9.17) is 15.2 Å². The highest BCUT2D eigenvalue weighted by Gasteiger charge is 2.31. The maximum Gasteiger partial charge on any atom is 0.253 e. The van der Waals surface area contributed by atoms with Gasteiger partial charge < -0.3 is 20.5 Å². The first-order chi connectivity index (χ1) is 14.1. The standard InChI is InChI=1S/C21H25N5O3.2ClH/c1-28-17-6-5-14(19(8-17)29-2)12-26-20-15(11-24-26)7-16(10-23-20)21(27)25-18(9-22)13-3-4-13;;/h5-8,10-11,13,18H,3-4,9,12,22H2,1-2H3,(H,25,27);2*1H. The number of halogens is 2. The Hall–Kier alpha value is -2.55. The van der Waals surface area contributed by atoms with Crippen LogP contribution in [0.5, 0.6) is 11.5 Å². The summed E-state index contributed by atoms with van der Waals surface area (Å²) in [6.07, 6.45) is 5.56. The largest absolute Gasteiger partial charge is 0.497 e. The van der Waals surface area contributed by atoms with Crippen LogP contribution >= 0.6 is 24.8 Å². The van der Waals surface area contributed by atoms with Gasteiger partial charge in [-0.3, -0.25) is 4.79 Å². The molecule has 0 aliphatic heterocycles. The molecule has 3 N–H and O–H groups in total. The van der Waals surface area contributed by atoms with Gasteiger partial charge in [-0.25, -0.2) is 9.67 Å². The second-order valence-corrected chi connectivity index (χ2v) is 7.27. The predicted octanol–water partition coefficient (Wildman–Crippen LogP) is 2.81. The molecule has 31 heavy (non-hydrogen) atoms. The van der Waals surface area contributed by atoms with Gasteiger partial charge in [-0.2, -0.15) is 5.10 Å². The zero-order chi connectivity index (χ0) is 20.4. The third kappa shape index (κ3) is 5.39. The number of fused-ring (bicyclic) bond motifs is 1. The fraction of sp³-hybridized carbons (Fsp3) is 0.381. The van der Waals surface area contributed by atoms with E-state index in [0.29, 0.717) is 30.2 Å². The minimum absolute atomic E-state index is 0. The van der Waals surface area contributed by atoms with Crippen LogP contribution < -0.4 is 20.5 Å². The number of rotatable bonds is 8. The van der Waals surface area contributed by atoms with E-state index in [1.54, 1.807) is 31.3 Å². The van der Waals surface area contributed by atoms with Crippen LogP contribution in [-0.2, 0) is 6.54 Å². The fourth-order valence-electron chi connectivity index (χ4n) is 3.48. The second-order valence-electron chi connectivity index (χ2n) is 7.27. The van der Waals surface area contributed by atoms with Gasteiger partial charge in [-0.05, 0) is 37.0 Å². The van der Waals surface area contributed by atoms with E-state index in [1.165, 1.54) is 0 Å². The van der Waals surface area contributed by atoms with Crippen LogP contribution in [0.4, 0.5) is 0 Å². The van der Waals surface area contributed by atoms with Gasteiger partial charge in [0.1, 0.15) is 11.5 Å². The average molecular weight is 468 g/mol. The topological polar surface area (TPSA) is 104 Å². The Morgan fingerprint density at radius 3 is 2.65 bits per heavy atom.